The number of rotatable bonds is 8. The molecule has 0 aliphatic carbocycles. The van der Waals surface area contributed by atoms with Crippen molar-refractivity contribution in [1.29, 1.82) is 0 Å². The maximum Gasteiger partial charge on any atom is 0.119 e. The first-order valence-electron chi connectivity index (χ1n) is 9.90. The summed E-state index contributed by atoms with van der Waals surface area (Å²) in [6.07, 6.45) is 3.08. The topological polar surface area (TPSA) is 20.2 Å². The molecule has 0 aliphatic rings. The van der Waals surface area contributed by atoms with Gasteiger partial charge in [-0.15, -0.1) is 0 Å². The molecule has 2 radical (unpaired) electrons. The van der Waals surface area contributed by atoms with Crippen molar-refractivity contribution < 1.29 is 5.11 Å². The second-order valence-corrected chi connectivity index (χ2v) is 9.93. The average molecular weight is 367 g/mol. The number of aryl methyl sites for hydroxylation is 3. The quantitative estimate of drug-likeness (QED) is 0.620. The second kappa shape index (κ2) is 9.41. The zero-order valence-corrected chi connectivity index (χ0v) is 18.3. The van der Waals surface area contributed by atoms with E-state index in [0.717, 1.165) is 34.3 Å². The summed E-state index contributed by atoms with van der Waals surface area (Å²) in [7, 11) is 0.843. The number of phenolic OH excluding ortho intramolecular Hbond substituents is 1. The van der Waals surface area contributed by atoms with E-state index < -0.39 is 0 Å². The maximum absolute atomic E-state index is 10.4. The lowest BCUT2D eigenvalue weighted by molar-refractivity contribution is 0.460. The summed E-state index contributed by atoms with van der Waals surface area (Å²) < 4.78 is 0. The Balaban J connectivity index is 2.16. The van der Waals surface area contributed by atoms with Crippen LogP contribution in [-0.4, -0.2) is 14.6 Å². The fourth-order valence-corrected chi connectivity index (χ4v) is 4.95. The van der Waals surface area contributed by atoms with E-state index >= 15 is 0 Å². The third kappa shape index (κ3) is 6.32. The Bertz CT molecular complexity index is 711. The molecular formula is C24H34OSi. The normalized spacial score (nSPS) is 11.5. The van der Waals surface area contributed by atoms with Gasteiger partial charge >= 0.3 is 0 Å². The Labute approximate surface area is 162 Å². The summed E-state index contributed by atoms with van der Waals surface area (Å²) in [5.74, 6) is 1.64. The first kappa shape index (κ1) is 20.8. The van der Waals surface area contributed by atoms with Gasteiger partial charge in [-0.2, -0.15) is 0 Å². The molecule has 0 aliphatic heterocycles. The molecular weight excluding hydrogens is 332 g/mol. The van der Waals surface area contributed by atoms with Crippen LogP contribution in [0, 0.1) is 25.7 Å². The zero-order valence-electron chi connectivity index (χ0n) is 17.3. The number of phenols is 1. The lowest BCUT2D eigenvalue weighted by Gasteiger charge is -2.16. The lowest BCUT2D eigenvalue weighted by Crippen LogP contribution is -2.15. The van der Waals surface area contributed by atoms with Crippen molar-refractivity contribution in [3.63, 3.8) is 0 Å². The smallest absolute Gasteiger partial charge is 0.119 e. The second-order valence-electron chi connectivity index (χ2n) is 8.50. The monoisotopic (exact) mass is 366 g/mol. The first-order valence-corrected chi connectivity index (χ1v) is 11.1. The minimum Gasteiger partial charge on any atom is -0.508 e. The van der Waals surface area contributed by atoms with Gasteiger partial charge in [0.2, 0.25) is 0 Å². The molecule has 0 fully saturated rings. The molecule has 2 heteroatoms. The van der Waals surface area contributed by atoms with Crippen molar-refractivity contribution >= 4 is 14.7 Å². The van der Waals surface area contributed by atoms with E-state index in [1.165, 1.54) is 33.5 Å². The van der Waals surface area contributed by atoms with E-state index in [4.69, 9.17) is 0 Å². The van der Waals surface area contributed by atoms with Crippen LogP contribution < -0.4 is 5.19 Å². The molecule has 26 heavy (non-hydrogen) atoms. The third-order valence-electron chi connectivity index (χ3n) is 4.60. The van der Waals surface area contributed by atoms with Crippen LogP contribution in [0.5, 0.6) is 5.75 Å². The summed E-state index contributed by atoms with van der Waals surface area (Å²) in [5.41, 5.74) is 6.59. The number of hydrogen-bond donors (Lipinski definition) is 1. The van der Waals surface area contributed by atoms with Gasteiger partial charge in [-0.05, 0) is 67.7 Å². The van der Waals surface area contributed by atoms with E-state index in [1.807, 2.05) is 6.07 Å². The third-order valence-corrected chi connectivity index (χ3v) is 5.80. The highest BCUT2D eigenvalue weighted by Crippen LogP contribution is 2.27. The molecule has 0 saturated heterocycles. The number of aromatic hydroxyl groups is 1. The molecule has 2 aromatic carbocycles. The molecule has 1 nitrogen and oxygen atoms in total. The number of hydrogen-bond acceptors (Lipinski definition) is 1. The Morgan fingerprint density at radius 1 is 0.769 bits per heavy atom. The van der Waals surface area contributed by atoms with Crippen molar-refractivity contribution in [3.05, 3.63) is 58.1 Å². The molecule has 0 amide bonds. The molecule has 0 heterocycles. The van der Waals surface area contributed by atoms with Gasteiger partial charge in [-0.3, -0.25) is 0 Å². The molecule has 1 N–H and O–H groups in total. The van der Waals surface area contributed by atoms with Crippen molar-refractivity contribution in [2.24, 2.45) is 11.8 Å². The number of benzene rings is 2. The van der Waals surface area contributed by atoms with Crippen molar-refractivity contribution in [2.45, 2.75) is 66.8 Å². The Hall–Kier alpha value is -1.54. The summed E-state index contributed by atoms with van der Waals surface area (Å²) in [6.45, 7) is 13.3. The predicted molar refractivity (Wildman–Crippen MR) is 115 cm³/mol. The Kier molecular flexibility index (Phi) is 7.51. The van der Waals surface area contributed by atoms with E-state index in [1.54, 1.807) is 0 Å². The van der Waals surface area contributed by atoms with Gasteiger partial charge in [0.15, 0.2) is 0 Å². The minimum absolute atomic E-state index is 0.481. The molecule has 0 bridgehead atoms. The average Bonchev–Trinajstić information content (AvgIpc) is 2.49. The summed E-state index contributed by atoms with van der Waals surface area (Å²) in [4.78, 5) is 0. The van der Waals surface area contributed by atoms with Gasteiger partial charge in [0.05, 0.1) is 9.52 Å². The van der Waals surface area contributed by atoms with Crippen LogP contribution in [0.4, 0.5) is 0 Å². The Morgan fingerprint density at radius 3 is 1.92 bits per heavy atom. The fourth-order valence-electron chi connectivity index (χ4n) is 3.61. The highest BCUT2D eigenvalue weighted by atomic mass is 28.2. The first-order chi connectivity index (χ1) is 12.2. The molecule has 2 rings (SSSR count). The van der Waals surface area contributed by atoms with Gasteiger partial charge in [-0.25, -0.2) is 0 Å². The largest absolute Gasteiger partial charge is 0.508 e. The molecule has 2 aromatic rings. The van der Waals surface area contributed by atoms with Gasteiger partial charge in [0, 0.05) is 0 Å². The predicted octanol–water partition coefficient (Wildman–Crippen LogP) is 5.40. The molecule has 0 unspecified atom stereocenters. The van der Waals surface area contributed by atoms with Crippen LogP contribution >= 0.6 is 0 Å². The summed E-state index contributed by atoms with van der Waals surface area (Å²) in [5, 5.41) is 11.9. The van der Waals surface area contributed by atoms with Gasteiger partial charge in [-0.1, -0.05) is 74.3 Å². The molecule has 0 spiro atoms. The van der Waals surface area contributed by atoms with E-state index in [0.29, 0.717) is 17.6 Å². The summed E-state index contributed by atoms with van der Waals surface area (Å²) >= 11 is 0. The van der Waals surface area contributed by atoms with Crippen molar-refractivity contribution in [1.82, 2.24) is 0 Å². The van der Waals surface area contributed by atoms with Crippen LogP contribution in [0.15, 0.2) is 30.3 Å². The van der Waals surface area contributed by atoms with Gasteiger partial charge < -0.3 is 5.11 Å². The highest BCUT2D eigenvalue weighted by molar-refractivity contribution is 6.53. The zero-order chi connectivity index (χ0) is 19.3. The van der Waals surface area contributed by atoms with E-state index in [9.17, 15) is 5.11 Å². The van der Waals surface area contributed by atoms with Crippen LogP contribution in [0.25, 0.3) is 0 Å². The molecule has 0 atom stereocenters. The van der Waals surface area contributed by atoms with Crippen molar-refractivity contribution in [3.8, 4) is 5.75 Å². The molecule has 0 saturated carbocycles. The Morgan fingerprint density at radius 2 is 1.35 bits per heavy atom. The highest BCUT2D eigenvalue weighted by Gasteiger charge is 2.12. The van der Waals surface area contributed by atoms with Crippen molar-refractivity contribution in [2.75, 3.05) is 0 Å². The van der Waals surface area contributed by atoms with E-state index in [-0.39, 0.29) is 0 Å². The summed E-state index contributed by atoms with van der Waals surface area (Å²) in [6, 6.07) is 12.4. The SMILES string of the molecule is Cc1cc(C)cc([Si]CCc2cc(CC(C)C)c(O)cc2CC(C)C)c1. The maximum atomic E-state index is 10.4. The lowest BCUT2D eigenvalue weighted by atomic mass is 9.92. The minimum atomic E-state index is 0.481. The van der Waals surface area contributed by atoms with Crippen LogP contribution in [-0.2, 0) is 19.3 Å². The van der Waals surface area contributed by atoms with E-state index in [2.05, 4.69) is 65.8 Å². The van der Waals surface area contributed by atoms with Gasteiger partial charge in [0.25, 0.3) is 0 Å². The van der Waals surface area contributed by atoms with Crippen LogP contribution in [0.1, 0.15) is 55.5 Å². The molecule has 140 valence electrons. The van der Waals surface area contributed by atoms with Crippen LogP contribution in [0.3, 0.4) is 0 Å². The molecule has 0 aromatic heterocycles. The fraction of sp³-hybridized carbons (Fsp3) is 0.500. The van der Waals surface area contributed by atoms with Crippen LogP contribution in [0.2, 0.25) is 6.04 Å². The van der Waals surface area contributed by atoms with Gasteiger partial charge in [0.1, 0.15) is 5.75 Å². The standard InChI is InChI=1S/C24H34OSi/c1-16(2)9-21-15-24(25)22(10-17(3)4)14-20(21)7-8-26-23-12-18(5)11-19(6)13-23/h11-17,25H,7-10H2,1-6H3.